The Labute approximate surface area is 146 Å². The molecular weight excluding hydrogens is 316 g/mol. The van der Waals surface area contributed by atoms with Crippen LogP contribution in [0.5, 0.6) is 5.75 Å². The minimum Gasteiger partial charge on any atom is -0.497 e. The van der Waals surface area contributed by atoms with E-state index in [1.54, 1.807) is 7.11 Å². The largest absolute Gasteiger partial charge is 0.497 e. The number of nitrogens with zero attached hydrogens (tertiary/aromatic N) is 2. The van der Waals surface area contributed by atoms with Crippen LogP contribution >= 0.6 is 11.3 Å². The molecule has 24 heavy (non-hydrogen) atoms. The molecule has 0 N–H and O–H groups in total. The minimum atomic E-state index is 0.433. The third-order valence-electron chi connectivity index (χ3n) is 4.73. The molecule has 0 saturated carbocycles. The summed E-state index contributed by atoms with van der Waals surface area (Å²) >= 11 is 1.85. The van der Waals surface area contributed by atoms with Crippen LogP contribution in [-0.2, 0) is 6.54 Å². The van der Waals surface area contributed by atoms with E-state index in [1.165, 1.54) is 34.5 Å². The van der Waals surface area contributed by atoms with Gasteiger partial charge in [-0.2, -0.15) is 0 Å². The number of piperidine rings is 1. The third-order valence-corrected chi connectivity index (χ3v) is 5.87. The first kappa shape index (κ1) is 15.6. The van der Waals surface area contributed by atoms with E-state index in [1.807, 2.05) is 17.4 Å². The summed E-state index contributed by atoms with van der Waals surface area (Å²) in [5.41, 5.74) is 2.44. The molecule has 3 aromatic rings. The van der Waals surface area contributed by atoms with Crippen molar-refractivity contribution < 1.29 is 4.74 Å². The predicted octanol–water partition coefficient (Wildman–Crippen LogP) is 5.03. The van der Waals surface area contributed by atoms with Crippen LogP contribution in [0.2, 0.25) is 0 Å². The minimum absolute atomic E-state index is 0.433. The Morgan fingerprint density at radius 1 is 1.17 bits per heavy atom. The van der Waals surface area contributed by atoms with E-state index in [2.05, 4.69) is 47.4 Å². The van der Waals surface area contributed by atoms with Gasteiger partial charge in [0, 0.05) is 6.54 Å². The number of likely N-dealkylation sites (tertiary alicyclic amines) is 1. The Kier molecular flexibility index (Phi) is 4.50. The second-order valence-corrected chi connectivity index (χ2v) is 7.42. The Bertz CT molecular complexity index is 796. The van der Waals surface area contributed by atoms with Crippen molar-refractivity contribution in [2.24, 2.45) is 0 Å². The second-order valence-electron chi connectivity index (χ2n) is 6.35. The lowest BCUT2D eigenvalue weighted by Crippen LogP contribution is -2.32. The van der Waals surface area contributed by atoms with Gasteiger partial charge in [0.15, 0.2) is 0 Å². The molecular formula is C20H22N2OS. The molecule has 1 aliphatic heterocycles. The number of hydrogen-bond acceptors (Lipinski definition) is 4. The molecule has 1 aromatic heterocycles. The predicted molar refractivity (Wildman–Crippen MR) is 99.6 cm³/mol. The molecule has 2 aromatic carbocycles. The number of ether oxygens (including phenoxy) is 1. The van der Waals surface area contributed by atoms with E-state index in [0.29, 0.717) is 6.04 Å². The highest BCUT2D eigenvalue weighted by atomic mass is 32.1. The SMILES string of the molecule is COc1cccc(CN2CCCC[C@@H]2c2nc3ccccc3s2)c1. The number of thiazole rings is 1. The molecule has 1 fully saturated rings. The van der Waals surface area contributed by atoms with Crippen molar-refractivity contribution in [2.45, 2.75) is 31.8 Å². The van der Waals surface area contributed by atoms with Crippen LogP contribution in [0.1, 0.15) is 35.9 Å². The lowest BCUT2D eigenvalue weighted by Gasteiger charge is -2.34. The fraction of sp³-hybridized carbons (Fsp3) is 0.350. The zero-order valence-electron chi connectivity index (χ0n) is 13.9. The monoisotopic (exact) mass is 338 g/mol. The third kappa shape index (κ3) is 3.17. The van der Waals surface area contributed by atoms with E-state index in [9.17, 15) is 0 Å². The van der Waals surface area contributed by atoms with Crippen molar-refractivity contribution in [3.05, 3.63) is 59.1 Å². The summed E-state index contributed by atoms with van der Waals surface area (Å²) < 4.78 is 6.66. The summed E-state index contributed by atoms with van der Waals surface area (Å²) in [6.45, 7) is 2.09. The molecule has 3 nitrogen and oxygen atoms in total. The maximum atomic E-state index is 5.37. The second kappa shape index (κ2) is 6.91. The van der Waals surface area contributed by atoms with E-state index in [-0.39, 0.29) is 0 Å². The van der Waals surface area contributed by atoms with Gasteiger partial charge in [0.1, 0.15) is 10.8 Å². The molecule has 0 unspecified atom stereocenters. The maximum Gasteiger partial charge on any atom is 0.119 e. The number of aromatic nitrogens is 1. The molecule has 0 radical (unpaired) electrons. The van der Waals surface area contributed by atoms with Crippen molar-refractivity contribution in [1.29, 1.82) is 0 Å². The highest BCUT2D eigenvalue weighted by molar-refractivity contribution is 7.18. The van der Waals surface area contributed by atoms with Crippen LogP contribution in [0.3, 0.4) is 0 Å². The summed E-state index contributed by atoms with van der Waals surface area (Å²) in [4.78, 5) is 7.49. The number of benzene rings is 2. The van der Waals surface area contributed by atoms with Gasteiger partial charge >= 0.3 is 0 Å². The van der Waals surface area contributed by atoms with Gasteiger partial charge in [-0.15, -0.1) is 11.3 Å². The summed E-state index contributed by atoms with van der Waals surface area (Å²) in [6.07, 6.45) is 3.75. The van der Waals surface area contributed by atoms with Crippen molar-refractivity contribution in [1.82, 2.24) is 9.88 Å². The topological polar surface area (TPSA) is 25.4 Å². The van der Waals surface area contributed by atoms with Gasteiger partial charge < -0.3 is 4.74 Å². The Hall–Kier alpha value is -1.91. The number of rotatable bonds is 4. The maximum absolute atomic E-state index is 5.37. The van der Waals surface area contributed by atoms with Crippen molar-refractivity contribution >= 4 is 21.6 Å². The zero-order chi connectivity index (χ0) is 16.4. The van der Waals surface area contributed by atoms with Gasteiger partial charge in [-0.3, -0.25) is 4.90 Å². The molecule has 1 aliphatic rings. The average Bonchev–Trinajstić information content (AvgIpc) is 3.06. The first-order valence-electron chi connectivity index (χ1n) is 8.56. The molecule has 0 spiro atoms. The Morgan fingerprint density at radius 2 is 2.08 bits per heavy atom. The molecule has 4 heteroatoms. The van der Waals surface area contributed by atoms with Gasteiger partial charge in [-0.05, 0) is 49.2 Å². The van der Waals surface area contributed by atoms with Gasteiger partial charge in [-0.1, -0.05) is 30.7 Å². The van der Waals surface area contributed by atoms with Gasteiger partial charge in [0.05, 0.1) is 23.4 Å². The van der Waals surface area contributed by atoms with Crippen LogP contribution < -0.4 is 4.74 Å². The molecule has 4 rings (SSSR count). The molecule has 1 atom stereocenters. The first-order chi connectivity index (χ1) is 11.8. The summed E-state index contributed by atoms with van der Waals surface area (Å²) in [7, 11) is 1.73. The molecule has 0 amide bonds. The van der Waals surface area contributed by atoms with E-state index >= 15 is 0 Å². The summed E-state index contributed by atoms with van der Waals surface area (Å²) in [5, 5.41) is 1.26. The Morgan fingerprint density at radius 3 is 2.96 bits per heavy atom. The van der Waals surface area contributed by atoms with Crippen LogP contribution in [0.15, 0.2) is 48.5 Å². The number of hydrogen-bond donors (Lipinski definition) is 0. The van der Waals surface area contributed by atoms with Crippen molar-refractivity contribution in [3.63, 3.8) is 0 Å². The zero-order valence-corrected chi connectivity index (χ0v) is 14.8. The quantitative estimate of drug-likeness (QED) is 0.667. The smallest absolute Gasteiger partial charge is 0.119 e. The van der Waals surface area contributed by atoms with Crippen LogP contribution in [0.4, 0.5) is 0 Å². The summed E-state index contributed by atoms with van der Waals surface area (Å²) in [5.74, 6) is 0.932. The van der Waals surface area contributed by atoms with Crippen LogP contribution in [-0.4, -0.2) is 23.5 Å². The van der Waals surface area contributed by atoms with E-state index in [0.717, 1.165) is 24.4 Å². The highest BCUT2D eigenvalue weighted by Crippen LogP contribution is 2.36. The van der Waals surface area contributed by atoms with E-state index in [4.69, 9.17) is 9.72 Å². The molecule has 1 saturated heterocycles. The fourth-order valence-electron chi connectivity index (χ4n) is 3.50. The standard InChI is InChI=1S/C20H22N2OS/c1-23-16-8-6-7-15(13-16)14-22-12-5-4-10-18(22)20-21-17-9-2-3-11-19(17)24-20/h2-3,6-9,11,13,18H,4-5,10,12,14H2,1H3/t18-/m1/s1. The lowest BCUT2D eigenvalue weighted by molar-refractivity contribution is 0.140. The van der Waals surface area contributed by atoms with Gasteiger partial charge in [0.25, 0.3) is 0 Å². The van der Waals surface area contributed by atoms with Crippen LogP contribution in [0.25, 0.3) is 10.2 Å². The average molecular weight is 338 g/mol. The number of para-hydroxylation sites is 1. The van der Waals surface area contributed by atoms with Gasteiger partial charge in [0.2, 0.25) is 0 Å². The van der Waals surface area contributed by atoms with Gasteiger partial charge in [-0.25, -0.2) is 4.98 Å². The molecule has 124 valence electrons. The molecule has 0 bridgehead atoms. The van der Waals surface area contributed by atoms with Crippen LogP contribution in [0, 0.1) is 0 Å². The lowest BCUT2D eigenvalue weighted by atomic mass is 10.0. The fourth-order valence-corrected chi connectivity index (χ4v) is 4.63. The molecule has 2 heterocycles. The Balaban J connectivity index is 1.60. The molecule has 0 aliphatic carbocycles. The van der Waals surface area contributed by atoms with E-state index < -0.39 is 0 Å². The van der Waals surface area contributed by atoms with Crippen molar-refractivity contribution in [3.8, 4) is 5.75 Å². The highest BCUT2D eigenvalue weighted by Gasteiger charge is 2.26. The first-order valence-corrected chi connectivity index (χ1v) is 9.37. The van der Waals surface area contributed by atoms with Crippen molar-refractivity contribution in [2.75, 3.05) is 13.7 Å². The number of methoxy groups -OCH3 is 1. The normalized spacial score (nSPS) is 18.8. The summed E-state index contributed by atoms with van der Waals surface area (Å²) in [6, 6.07) is 17.3. The number of fused-ring (bicyclic) bond motifs is 1.